The van der Waals surface area contributed by atoms with E-state index >= 15 is 0 Å². The van der Waals surface area contributed by atoms with Crippen molar-refractivity contribution < 1.29 is 9.53 Å². The van der Waals surface area contributed by atoms with Gasteiger partial charge in [-0.1, -0.05) is 6.92 Å². The van der Waals surface area contributed by atoms with Gasteiger partial charge in [-0.05, 0) is 13.3 Å². The number of amides is 1. The molecule has 14 heavy (non-hydrogen) atoms. The van der Waals surface area contributed by atoms with Crippen LogP contribution in [0, 0.1) is 0 Å². The van der Waals surface area contributed by atoms with E-state index in [-0.39, 0.29) is 5.91 Å². The summed E-state index contributed by atoms with van der Waals surface area (Å²) in [6, 6.07) is 0.363. The standard InChI is InChI=1S/C9H21N3O2/c1-4-8(2)12(5-6-14-3)7-9(13)11-10/h8H,4-7,10H2,1-3H3,(H,11,13). The SMILES string of the molecule is CCC(C)N(CCOC)CC(=O)NN. The number of hydrogen-bond donors (Lipinski definition) is 2. The molecular weight excluding hydrogens is 182 g/mol. The van der Waals surface area contributed by atoms with Crippen LogP contribution in [0.4, 0.5) is 0 Å². The third-order valence-electron chi connectivity index (χ3n) is 2.30. The maximum atomic E-state index is 11.1. The number of rotatable bonds is 7. The zero-order valence-corrected chi connectivity index (χ0v) is 9.25. The molecule has 0 saturated heterocycles. The Morgan fingerprint density at radius 2 is 2.29 bits per heavy atom. The van der Waals surface area contributed by atoms with Gasteiger partial charge in [0.15, 0.2) is 0 Å². The molecule has 0 aliphatic rings. The Bertz CT molecular complexity index is 164. The van der Waals surface area contributed by atoms with Crippen molar-refractivity contribution in [3.8, 4) is 0 Å². The smallest absolute Gasteiger partial charge is 0.248 e. The van der Waals surface area contributed by atoms with Gasteiger partial charge in [-0.15, -0.1) is 0 Å². The number of carbonyl (C=O) groups is 1. The zero-order valence-electron chi connectivity index (χ0n) is 9.25. The van der Waals surface area contributed by atoms with Crippen LogP contribution in [-0.2, 0) is 9.53 Å². The molecule has 0 aliphatic heterocycles. The first-order valence-corrected chi connectivity index (χ1v) is 4.88. The quantitative estimate of drug-likeness (QED) is 0.339. The Kier molecular flexibility index (Phi) is 7.37. The molecule has 0 aliphatic carbocycles. The van der Waals surface area contributed by atoms with E-state index in [4.69, 9.17) is 10.6 Å². The van der Waals surface area contributed by atoms with Crippen molar-refractivity contribution in [3.05, 3.63) is 0 Å². The Morgan fingerprint density at radius 3 is 2.71 bits per heavy atom. The average Bonchev–Trinajstić information content (AvgIpc) is 2.22. The van der Waals surface area contributed by atoms with Gasteiger partial charge in [0.1, 0.15) is 0 Å². The fourth-order valence-electron chi connectivity index (χ4n) is 1.15. The van der Waals surface area contributed by atoms with Gasteiger partial charge in [-0.3, -0.25) is 15.1 Å². The molecule has 1 amide bonds. The Hall–Kier alpha value is -0.650. The summed E-state index contributed by atoms with van der Waals surface area (Å²) in [6.07, 6.45) is 1.00. The van der Waals surface area contributed by atoms with Crippen LogP contribution in [0.1, 0.15) is 20.3 Å². The molecule has 0 fully saturated rings. The van der Waals surface area contributed by atoms with Gasteiger partial charge >= 0.3 is 0 Å². The van der Waals surface area contributed by atoms with E-state index in [0.29, 0.717) is 19.2 Å². The lowest BCUT2D eigenvalue weighted by atomic mass is 10.2. The summed E-state index contributed by atoms with van der Waals surface area (Å²) < 4.78 is 4.98. The minimum absolute atomic E-state index is 0.165. The van der Waals surface area contributed by atoms with Crippen molar-refractivity contribution in [2.45, 2.75) is 26.3 Å². The highest BCUT2D eigenvalue weighted by atomic mass is 16.5. The van der Waals surface area contributed by atoms with Crippen LogP contribution in [0.5, 0.6) is 0 Å². The van der Waals surface area contributed by atoms with E-state index < -0.39 is 0 Å². The highest BCUT2D eigenvalue weighted by Crippen LogP contribution is 2.02. The summed E-state index contributed by atoms with van der Waals surface area (Å²) in [6.45, 7) is 5.88. The van der Waals surface area contributed by atoms with Crippen molar-refractivity contribution in [2.75, 3.05) is 26.8 Å². The van der Waals surface area contributed by atoms with E-state index in [2.05, 4.69) is 19.3 Å². The third-order valence-corrected chi connectivity index (χ3v) is 2.30. The van der Waals surface area contributed by atoms with Crippen LogP contribution >= 0.6 is 0 Å². The van der Waals surface area contributed by atoms with Gasteiger partial charge in [-0.2, -0.15) is 0 Å². The van der Waals surface area contributed by atoms with Crippen LogP contribution in [-0.4, -0.2) is 43.7 Å². The van der Waals surface area contributed by atoms with E-state index in [1.807, 2.05) is 4.90 Å². The number of ether oxygens (including phenoxy) is 1. The molecule has 5 heteroatoms. The highest BCUT2D eigenvalue weighted by Gasteiger charge is 2.14. The molecule has 1 atom stereocenters. The largest absolute Gasteiger partial charge is 0.383 e. The van der Waals surface area contributed by atoms with Crippen molar-refractivity contribution in [1.82, 2.24) is 10.3 Å². The van der Waals surface area contributed by atoms with Crippen molar-refractivity contribution in [2.24, 2.45) is 5.84 Å². The number of methoxy groups -OCH3 is 1. The highest BCUT2D eigenvalue weighted by molar-refractivity contribution is 5.77. The second-order valence-electron chi connectivity index (χ2n) is 3.29. The summed E-state index contributed by atoms with van der Waals surface area (Å²) in [4.78, 5) is 13.1. The molecule has 1 unspecified atom stereocenters. The van der Waals surface area contributed by atoms with Crippen LogP contribution < -0.4 is 11.3 Å². The Balaban J connectivity index is 4.02. The second kappa shape index (κ2) is 7.73. The molecule has 0 bridgehead atoms. The molecule has 0 aromatic heterocycles. The topological polar surface area (TPSA) is 67.6 Å². The van der Waals surface area contributed by atoms with Crippen molar-refractivity contribution in [3.63, 3.8) is 0 Å². The normalized spacial score (nSPS) is 12.9. The molecule has 3 N–H and O–H groups in total. The van der Waals surface area contributed by atoms with Gasteiger partial charge in [0.2, 0.25) is 5.91 Å². The molecule has 0 heterocycles. The van der Waals surface area contributed by atoms with E-state index in [1.54, 1.807) is 7.11 Å². The van der Waals surface area contributed by atoms with Crippen molar-refractivity contribution in [1.29, 1.82) is 0 Å². The first-order valence-electron chi connectivity index (χ1n) is 4.88. The number of nitrogens with two attached hydrogens (primary N) is 1. The monoisotopic (exact) mass is 203 g/mol. The minimum Gasteiger partial charge on any atom is -0.383 e. The number of nitrogens with one attached hydrogen (secondary N) is 1. The van der Waals surface area contributed by atoms with Crippen LogP contribution in [0.25, 0.3) is 0 Å². The van der Waals surface area contributed by atoms with Gasteiger partial charge < -0.3 is 4.74 Å². The van der Waals surface area contributed by atoms with E-state index in [9.17, 15) is 4.79 Å². The first-order chi connectivity index (χ1) is 6.65. The van der Waals surface area contributed by atoms with Crippen molar-refractivity contribution >= 4 is 5.91 Å². The van der Waals surface area contributed by atoms with Gasteiger partial charge in [0, 0.05) is 19.7 Å². The predicted molar refractivity (Wildman–Crippen MR) is 55.5 cm³/mol. The minimum atomic E-state index is -0.165. The summed E-state index contributed by atoms with van der Waals surface area (Å²) in [7, 11) is 1.65. The Morgan fingerprint density at radius 1 is 1.64 bits per heavy atom. The summed E-state index contributed by atoms with van der Waals surface area (Å²) in [5, 5.41) is 0. The number of hydrogen-bond acceptors (Lipinski definition) is 4. The van der Waals surface area contributed by atoms with Crippen LogP contribution in [0.2, 0.25) is 0 Å². The van der Waals surface area contributed by atoms with Crippen LogP contribution in [0.3, 0.4) is 0 Å². The van der Waals surface area contributed by atoms with Crippen LogP contribution in [0.15, 0.2) is 0 Å². The molecular formula is C9H21N3O2. The maximum absolute atomic E-state index is 11.1. The first kappa shape index (κ1) is 13.4. The lowest BCUT2D eigenvalue weighted by Crippen LogP contribution is -2.45. The lowest BCUT2D eigenvalue weighted by molar-refractivity contribution is -0.123. The number of hydrazine groups is 1. The molecule has 0 spiro atoms. The third kappa shape index (κ3) is 5.16. The zero-order chi connectivity index (χ0) is 11.0. The lowest BCUT2D eigenvalue weighted by Gasteiger charge is -2.26. The van der Waals surface area contributed by atoms with Gasteiger partial charge in [0.25, 0.3) is 0 Å². The average molecular weight is 203 g/mol. The fourth-order valence-corrected chi connectivity index (χ4v) is 1.15. The molecule has 0 rings (SSSR count). The molecule has 5 nitrogen and oxygen atoms in total. The molecule has 0 aromatic rings. The fraction of sp³-hybridized carbons (Fsp3) is 0.889. The summed E-state index contributed by atoms with van der Waals surface area (Å²) in [5.41, 5.74) is 2.13. The summed E-state index contributed by atoms with van der Waals surface area (Å²) >= 11 is 0. The van der Waals surface area contributed by atoms with E-state index in [0.717, 1.165) is 13.0 Å². The van der Waals surface area contributed by atoms with Gasteiger partial charge in [-0.25, -0.2) is 5.84 Å². The maximum Gasteiger partial charge on any atom is 0.248 e. The van der Waals surface area contributed by atoms with E-state index in [1.165, 1.54) is 0 Å². The predicted octanol–water partition coefficient (Wildman–Crippen LogP) is -0.277. The molecule has 0 aromatic carbocycles. The number of nitrogens with zero attached hydrogens (tertiary/aromatic N) is 1. The number of carbonyl (C=O) groups excluding carboxylic acids is 1. The molecule has 0 saturated carbocycles. The Labute approximate surface area is 85.6 Å². The summed E-state index contributed by atoms with van der Waals surface area (Å²) in [5.74, 6) is 4.87. The molecule has 84 valence electrons. The molecule has 0 radical (unpaired) electrons. The second-order valence-corrected chi connectivity index (χ2v) is 3.29. The van der Waals surface area contributed by atoms with Gasteiger partial charge in [0.05, 0.1) is 13.2 Å².